The number of aryl methyl sites for hydroxylation is 1. The van der Waals surface area contributed by atoms with Crippen molar-refractivity contribution >= 4 is 5.91 Å². The van der Waals surface area contributed by atoms with Crippen molar-refractivity contribution in [2.24, 2.45) is 7.05 Å². The van der Waals surface area contributed by atoms with Crippen molar-refractivity contribution in [1.82, 2.24) is 15.1 Å². The maximum atomic E-state index is 11.9. The molecule has 2 aromatic heterocycles. The lowest BCUT2D eigenvalue weighted by Crippen LogP contribution is -2.25. The topological polar surface area (TPSA) is 69.3 Å². The highest BCUT2D eigenvalue weighted by atomic mass is 16.5. The van der Waals surface area contributed by atoms with Gasteiger partial charge in [0.25, 0.3) is 5.91 Å². The molecule has 20 heavy (non-hydrogen) atoms. The van der Waals surface area contributed by atoms with Crippen LogP contribution in [0.1, 0.15) is 28.2 Å². The lowest BCUT2D eigenvalue weighted by molar-refractivity contribution is 0.0916. The summed E-state index contributed by atoms with van der Waals surface area (Å²) in [6.07, 6.45) is 3.96. The molecule has 2 aromatic rings. The Kier molecular flexibility index (Phi) is 4.95. The summed E-state index contributed by atoms with van der Waals surface area (Å²) in [4.78, 5) is 11.9. The molecular formula is C14H19N3O3. The molecule has 0 saturated carbocycles. The molecule has 0 unspecified atom stereocenters. The van der Waals surface area contributed by atoms with Crippen molar-refractivity contribution in [3.8, 4) is 0 Å². The molecule has 2 heterocycles. The summed E-state index contributed by atoms with van der Waals surface area (Å²) < 4.78 is 12.3. The summed E-state index contributed by atoms with van der Waals surface area (Å²) in [7, 11) is 1.81. The third-order valence-electron chi connectivity index (χ3n) is 3.06. The van der Waals surface area contributed by atoms with Crippen LogP contribution >= 0.6 is 0 Å². The molecule has 0 atom stereocenters. The van der Waals surface area contributed by atoms with E-state index in [1.165, 1.54) is 0 Å². The second-order valence-electron chi connectivity index (χ2n) is 4.51. The van der Waals surface area contributed by atoms with Gasteiger partial charge < -0.3 is 14.5 Å². The van der Waals surface area contributed by atoms with Crippen LogP contribution in [-0.2, 0) is 18.4 Å². The van der Waals surface area contributed by atoms with Gasteiger partial charge in [0.1, 0.15) is 12.4 Å². The number of ether oxygens (including phenoxy) is 1. The molecule has 0 spiro atoms. The Morgan fingerprint density at radius 1 is 1.55 bits per heavy atom. The second kappa shape index (κ2) is 6.91. The summed E-state index contributed by atoms with van der Waals surface area (Å²) >= 11 is 0. The molecule has 2 rings (SSSR count). The number of hydrogen-bond donors (Lipinski definition) is 1. The Hall–Kier alpha value is -2.08. The second-order valence-corrected chi connectivity index (χ2v) is 4.51. The smallest absolute Gasteiger partial charge is 0.254 e. The van der Waals surface area contributed by atoms with Crippen LogP contribution in [0.4, 0.5) is 0 Å². The SMILES string of the molecule is Cc1c(C(=O)NCCCOCc2ccco2)cnn1C. The van der Waals surface area contributed by atoms with Crippen LogP contribution in [0.15, 0.2) is 29.0 Å². The summed E-state index contributed by atoms with van der Waals surface area (Å²) in [5.74, 6) is 0.710. The van der Waals surface area contributed by atoms with Crippen molar-refractivity contribution in [3.05, 3.63) is 41.6 Å². The summed E-state index contributed by atoms with van der Waals surface area (Å²) in [5.41, 5.74) is 1.47. The number of rotatable bonds is 7. The van der Waals surface area contributed by atoms with Crippen molar-refractivity contribution in [2.75, 3.05) is 13.2 Å². The molecule has 6 nitrogen and oxygen atoms in total. The molecule has 1 N–H and O–H groups in total. The number of carbonyl (C=O) groups excluding carboxylic acids is 1. The van der Waals surface area contributed by atoms with Gasteiger partial charge in [-0.05, 0) is 25.5 Å². The molecule has 0 aliphatic carbocycles. The zero-order chi connectivity index (χ0) is 14.4. The Balaban J connectivity index is 1.61. The van der Waals surface area contributed by atoms with Crippen molar-refractivity contribution < 1.29 is 13.9 Å². The molecule has 0 aliphatic heterocycles. The van der Waals surface area contributed by atoms with Crippen molar-refractivity contribution in [3.63, 3.8) is 0 Å². The van der Waals surface area contributed by atoms with Crippen LogP contribution in [0.3, 0.4) is 0 Å². The van der Waals surface area contributed by atoms with Crippen molar-refractivity contribution in [2.45, 2.75) is 20.0 Å². The van der Waals surface area contributed by atoms with E-state index in [1.54, 1.807) is 17.1 Å². The largest absolute Gasteiger partial charge is 0.467 e. The Morgan fingerprint density at radius 3 is 3.05 bits per heavy atom. The molecule has 0 bridgehead atoms. The molecule has 1 amide bonds. The van der Waals surface area contributed by atoms with E-state index in [2.05, 4.69) is 10.4 Å². The lowest BCUT2D eigenvalue weighted by Gasteiger charge is -2.05. The van der Waals surface area contributed by atoms with E-state index < -0.39 is 0 Å². The van der Waals surface area contributed by atoms with E-state index in [0.717, 1.165) is 17.9 Å². The highest BCUT2D eigenvalue weighted by molar-refractivity contribution is 5.94. The number of hydrogen-bond acceptors (Lipinski definition) is 4. The van der Waals surface area contributed by atoms with Crippen LogP contribution in [0, 0.1) is 6.92 Å². The fourth-order valence-corrected chi connectivity index (χ4v) is 1.76. The van der Waals surface area contributed by atoms with Crippen LogP contribution in [-0.4, -0.2) is 28.8 Å². The Morgan fingerprint density at radius 2 is 2.40 bits per heavy atom. The standard InChI is InChI=1S/C14H19N3O3/c1-11-13(9-16-17(11)2)14(18)15-6-4-7-19-10-12-5-3-8-20-12/h3,5,8-9H,4,6-7,10H2,1-2H3,(H,15,18). The molecule has 108 valence electrons. The molecule has 0 fully saturated rings. The normalized spacial score (nSPS) is 10.7. The average molecular weight is 277 g/mol. The maximum Gasteiger partial charge on any atom is 0.254 e. The van der Waals surface area contributed by atoms with E-state index in [4.69, 9.17) is 9.15 Å². The van der Waals surface area contributed by atoms with Crippen LogP contribution < -0.4 is 5.32 Å². The lowest BCUT2D eigenvalue weighted by atomic mass is 10.2. The van der Waals surface area contributed by atoms with Crippen LogP contribution in [0.5, 0.6) is 0 Å². The predicted molar refractivity (Wildman–Crippen MR) is 73.3 cm³/mol. The maximum absolute atomic E-state index is 11.9. The fraction of sp³-hybridized carbons (Fsp3) is 0.429. The van der Waals surface area contributed by atoms with Gasteiger partial charge in [-0.1, -0.05) is 0 Å². The number of nitrogens with one attached hydrogen (secondary N) is 1. The summed E-state index contributed by atoms with van der Waals surface area (Å²) in [6, 6.07) is 3.70. The van der Waals surface area contributed by atoms with Gasteiger partial charge in [0, 0.05) is 25.9 Å². The highest BCUT2D eigenvalue weighted by Crippen LogP contribution is 2.05. The zero-order valence-electron chi connectivity index (χ0n) is 11.8. The minimum Gasteiger partial charge on any atom is -0.467 e. The molecule has 0 aromatic carbocycles. The number of carbonyl (C=O) groups is 1. The minimum atomic E-state index is -0.0957. The van der Waals surface area contributed by atoms with E-state index in [0.29, 0.717) is 25.3 Å². The molecular weight excluding hydrogens is 258 g/mol. The van der Waals surface area contributed by atoms with Crippen LogP contribution in [0.2, 0.25) is 0 Å². The number of aromatic nitrogens is 2. The Bertz CT molecular complexity index is 546. The van der Waals surface area contributed by atoms with Gasteiger partial charge in [-0.25, -0.2) is 0 Å². The van der Waals surface area contributed by atoms with E-state index in [-0.39, 0.29) is 5.91 Å². The molecule has 0 radical (unpaired) electrons. The van der Waals surface area contributed by atoms with Gasteiger partial charge in [-0.3, -0.25) is 9.48 Å². The van der Waals surface area contributed by atoms with E-state index in [9.17, 15) is 4.79 Å². The first kappa shape index (κ1) is 14.3. The number of furan rings is 1. The third kappa shape index (κ3) is 3.71. The minimum absolute atomic E-state index is 0.0957. The van der Waals surface area contributed by atoms with Gasteiger partial charge >= 0.3 is 0 Å². The monoisotopic (exact) mass is 277 g/mol. The van der Waals surface area contributed by atoms with Gasteiger partial charge in [0.05, 0.1) is 18.0 Å². The van der Waals surface area contributed by atoms with E-state index in [1.807, 2.05) is 26.1 Å². The first-order chi connectivity index (χ1) is 9.68. The summed E-state index contributed by atoms with van der Waals surface area (Å²) in [5, 5.41) is 6.90. The molecule has 0 saturated heterocycles. The summed E-state index contributed by atoms with van der Waals surface area (Å²) in [6.45, 7) is 3.48. The predicted octanol–water partition coefficient (Wildman–Crippen LogP) is 1.66. The third-order valence-corrected chi connectivity index (χ3v) is 3.06. The fourth-order valence-electron chi connectivity index (χ4n) is 1.76. The van der Waals surface area contributed by atoms with Gasteiger partial charge in [-0.2, -0.15) is 5.10 Å². The first-order valence-corrected chi connectivity index (χ1v) is 6.55. The van der Waals surface area contributed by atoms with Gasteiger partial charge in [0.2, 0.25) is 0 Å². The van der Waals surface area contributed by atoms with Gasteiger partial charge in [0.15, 0.2) is 0 Å². The molecule has 6 heteroatoms. The number of amides is 1. The van der Waals surface area contributed by atoms with Crippen LogP contribution in [0.25, 0.3) is 0 Å². The quantitative estimate of drug-likeness (QED) is 0.781. The van der Waals surface area contributed by atoms with E-state index >= 15 is 0 Å². The zero-order valence-corrected chi connectivity index (χ0v) is 11.8. The first-order valence-electron chi connectivity index (χ1n) is 6.55. The van der Waals surface area contributed by atoms with Gasteiger partial charge in [-0.15, -0.1) is 0 Å². The highest BCUT2D eigenvalue weighted by Gasteiger charge is 2.11. The average Bonchev–Trinajstić information content (AvgIpc) is 3.05. The molecule has 0 aliphatic rings. The van der Waals surface area contributed by atoms with Crippen molar-refractivity contribution in [1.29, 1.82) is 0 Å². The Labute approximate surface area is 117 Å². The number of nitrogens with zero attached hydrogens (tertiary/aromatic N) is 2.